The number of anilines is 1. The second-order valence-corrected chi connectivity index (χ2v) is 2.78. The number of nitrogens with one attached hydrogen (secondary N) is 1. The van der Waals surface area contributed by atoms with Gasteiger partial charge in [0.1, 0.15) is 0 Å². The molecule has 0 saturated carbocycles. The summed E-state index contributed by atoms with van der Waals surface area (Å²) < 4.78 is 62.2. The largest absolute Gasteiger partial charge is 0.419 e. The first-order chi connectivity index (χ1) is 7.23. The fraction of sp³-hybridized carbons (Fsp3) is 0.125. The molecular formula is C8H5F5N2O. The highest BCUT2D eigenvalue weighted by Crippen LogP contribution is 2.34. The predicted octanol–water partition coefficient (Wildman–Crippen LogP) is 2.47. The third-order valence-corrected chi connectivity index (χ3v) is 1.65. The van der Waals surface area contributed by atoms with Crippen LogP contribution in [0.15, 0.2) is 12.1 Å². The van der Waals surface area contributed by atoms with Crippen molar-refractivity contribution in [1.29, 1.82) is 0 Å². The number of amides is 2. The molecule has 0 spiro atoms. The molecule has 0 aliphatic heterocycles. The number of nitrogens with two attached hydrogens (primary N) is 1. The van der Waals surface area contributed by atoms with Crippen LogP contribution in [-0.4, -0.2) is 6.03 Å². The minimum Gasteiger partial charge on any atom is -0.351 e. The summed E-state index contributed by atoms with van der Waals surface area (Å²) >= 11 is 0. The van der Waals surface area contributed by atoms with Crippen LogP contribution in [0.4, 0.5) is 32.4 Å². The van der Waals surface area contributed by atoms with E-state index in [9.17, 15) is 26.7 Å². The number of rotatable bonds is 1. The Morgan fingerprint density at radius 2 is 1.75 bits per heavy atom. The maximum absolute atomic E-state index is 13.0. The molecule has 1 aromatic carbocycles. The van der Waals surface area contributed by atoms with E-state index >= 15 is 0 Å². The molecule has 0 saturated heterocycles. The number of primary amides is 1. The van der Waals surface area contributed by atoms with Gasteiger partial charge in [-0.1, -0.05) is 0 Å². The number of urea groups is 1. The van der Waals surface area contributed by atoms with Crippen molar-refractivity contribution in [3.8, 4) is 0 Å². The van der Waals surface area contributed by atoms with Gasteiger partial charge < -0.3 is 11.1 Å². The topological polar surface area (TPSA) is 55.1 Å². The first kappa shape index (κ1) is 12.2. The highest BCUT2D eigenvalue weighted by Gasteiger charge is 2.36. The summed E-state index contributed by atoms with van der Waals surface area (Å²) in [6.07, 6.45) is -5.00. The summed E-state index contributed by atoms with van der Waals surface area (Å²) in [6.45, 7) is 0. The van der Waals surface area contributed by atoms with Crippen LogP contribution in [0.2, 0.25) is 0 Å². The molecule has 16 heavy (non-hydrogen) atoms. The van der Waals surface area contributed by atoms with Gasteiger partial charge in [0.15, 0.2) is 11.6 Å². The number of alkyl halides is 3. The number of halogens is 5. The summed E-state index contributed by atoms with van der Waals surface area (Å²) in [5, 5.41) is 1.65. The van der Waals surface area contributed by atoms with Crippen molar-refractivity contribution < 1.29 is 26.7 Å². The molecule has 0 heterocycles. The molecule has 0 unspecified atom stereocenters. The molecule has 1 rings (SSSR count). The van der Waals surface area contributed by atoms with Crippen LogP contribution in [0.5, 0.6) is 0 Å². The summed E-state index contributed by atoms with van der Waals surface area (Å²) in [6, 6.07) is -0.326. The number of carbonyl (C=O) groups excluding carboxylic acids is 1. The molecule has 1 aromatic rings. The molecular weight excluding hydrogens is 235 g/mol. The van der Waals surface area contributed by atoms with Crippen LogP contribution < -0.4 is 11.1 Å². The lowest BCUT2D eigenvalue weighted by Crippen LogP contribution is -2.21. The smallest absolute Gasteiger partial charge is 0.351 e. The molecule has 0 aliphatic rings. The zero-order valence-electron chi connectivity index (χ0n) is 7.53. The number of hydrogen-bond donors (Lipinski definition) is 2. The second kappa shape index (κ2) is 3.95. The molecule has 0 aromatic heterocycles. The van der Waals surface area contributed by atoms with Crippen LogP contribution in [-0.2, 0) is 6.18 Å². The molecule has 0 radical (unpaired) electrons. The first-order valence-corrected chi connectivity index (χ1v) is 3.85. The maximum Gasteiger partial charge on any atom is 0.419 e. The summed E-state index contributed by atoms with van der Waals surface area (Å²) in [4.78, 5) is 10.3. The highest BCUT2D eigenvalue weighted by atomic mass is 19.4. The van der Waals surface area contributed by atoms with Crippen molar-refractivity contribution in [1.82, 2.24) is 0 Å². The predicted molar refractivity (Wildman–Crippen MR) is 44.6 cm³/mol. The van der Waals surface area contributed by atoms with Crippen molar-refractivity contribution >= 4 is 11.7 Å². The maximum atomic E-state index is 13.0. The highest BCUT2D eigenvalue weighted by molar-refractivity contribution is 5.87. The molecule has 0 aliphatic carbocycles. The Bertz CT molecular complexity index is 429. The standard InChI is InChI=1S/C8H5F5N2O/c9-5-3(8(11,12)13)1-2-4(6(5)10)15-7(14)16/h1-2H,(H3,14,15,16). The molecule has 2 amide bonds. The Morgan fingerprint density at radius 3 is 2.19 bits per heavy atom. The minimum atomic E-state index is -5.00. The summed E-state index contributed by atoms with van der Waals surface area (Å²) in [5.74, 6) is -3.90. The lowest BCUT2D eigenvalue weighted by Gasteiger charge is -2.10. The molecule has 3 nitrogen and oxygen atoms in total. The Kier molecular flexibility index (Phi) is 3.02. The van der Waals surface area contributed by atoms with Gasteiger partial charge in [-0.2, -0.15) is 13.2 Å². The SMILES string of the molecule is NC(=O)Nc1ccc(C(F)(F)F)c(F)c1F. The van der Waals surface area contributed by atoms with E-state index in [1.165, 1.54) is 0 Å². The van der Waals surface area contributed by atoms with Gasteiger partial charge in [-0.3, -0.25) is 0 Å². The van der Waals surface area contributed by atoms with Gasteiger partial charge in [-0.15, -0.1) is 0 Å². The number of hydrogen-bond acceptors (Lipinski definition) is 1. The second-order valence-electron chi connectivity index (χ2n) is 2.78. The van der Waals surface area contributed by atoms with Crippen LogP contribution in [0, 0.1) is 11.6 Å². The van der Waals surface area contributed by atoms with Gasteiger partial charge in [-0.25, -0.2) is 13.6 Å². The average molecular weight is 240 g/mol. The van der Waals surface area contributed by atoms with Crippen molar-refractivity contribution in [2.45, 2.75) is 6.18 Å². The van der Waals surface area contributed by atoms with Crippen LogP contribution in [0.25, 0.3) is 0 Å². The Hall–Kier alpha value is -1.86. The zero-order valence-corrected chi connectivity index (χ0v) is 7.53. The molecule has 0 fully saturated rings. The lowest BCUT2D eigenvalue weighted by atomic mass is 10.1. The van der Waals surface area contributed by atoms with Gasteiger partial charge in [0.25, 0.3) is 0 Å². The van der Waals surface area contributed by atoms with E-state index in [-0.39, 0.29) is 0 Å². The normalized spacial score (nSPS) is 11.3. The fourth-order valence-electron chi connectivity index (χ4n) is 0.998. The van der Waals surface area contributed by atoms with Crippen molar-refractivity contribution in [2.24, 2.45) is 5.73 Å². The summed E-state index contributed by atoms with van der Waals surface area (Å²) in [7, 11) is 0. The van der Waals surface area contributed by atoms with E-state index in [0.717, 1.165) is 0 Å². The zero-order chi connectivity index (χ0) is 12.5. The molecule has 3 N–H and O–H groups in total. The van der Waals surface area contributed by atoms with Crippen LogP contribution in [0.3, 0.4) is 0 Å². The van der Waals surface area contributed by atoms with E-state index in [0.29, 0.717) is 12.1 Å². The van der Waals surface area contributed by atoms with Gasteiger partial charge in [0, 0.05) is 0 Å². The van der Waals surface area contributed by atoms with E-state index < -0.39 is 35.1 Å². The first-order valence-electron chi connectivity index (χ1n) is 3.85. The third-order valence-electron chi connectivity index (χ3n) is 1.65. The Morgan fingerprint density at radius 1 is 1.19 bits per heavy atom. The van der Waals surface area contributed by atoms with Crippen LogP contribution in [0.1, 0.15) is 5.56 Å². The lowest BCUT2D eigenvalue weighted by molar-refractivity contribution is -0.140. The van der Waals surface area contributed by atoms with Crippen LogP contribution >= 0.6 is 0 Å². The monoisotopic (exact) mass is 240 g/mol. The van der Waals surface area contributed by atoms with Crippen molar-refractivity contribution in [3.05, 3.63) is 29.3 Å². The molecule has 0 atom stereocenters. The van der Waals surface area contributed by atoms with E-state index in [4.69, 9.17) is 0 Å². The minimum absolute atomic E-state index is 0.309. The third kappa shape index (κ3) is 2.38. The fourth-order valence-corrected chi connectivity index (χ4v) is 0.998. The number of benzene rings is 1. The molecule has 0 bridgehead atoms. The quantitative estimate of drug-likeness (QED) is 0.728. The van der Waals surface area contributed by atoms with E-state index in [1.807, 2.05) is 0 Å². The average Bonchev–Trinajstić information content (AvgIpc) is 2.10. The van der Waals surface area contributed by atoms with Gasteiger partial charge in [0.2, 0.25) is 0 Å². The Balaban J connectivity index is 3.24. The van der Waals surface area contributed by atoms with Crippen molar-refractivity contribution in [3.63, 3.8) is 0 Å². The van der Waals surface area contributed by atoms with Gasteiger partial charge >= 0.3 is 12.2 Å². The molecule has 88 valence electrons. The van der Waals surface area contributed by atoms with Crippen molar-refractivity contribution in [2.75, 3.05) is 5.32 Å². The Labute approximate surface area is 86.0 Å². The number of carbonyl (C=O) groups is 1. The molecule has 8 heteroatoms. The van der Waals surface area contributed by atoms with Gasteiger partial charge in [0.05, 0.1) is 11.3 Å². The van der Waals surface area contributed by atoms with E-state index in [1.54, 1.807) is 5.32 Å². The summed E-state index contributed by atoms with van der Waals surface area (Å²) in [5.41, 5.74) is 2.10. The van der Waals surface area contributed by atoms with Gasteiger partial charge in [-0.05, 0) is 12.1 Å². The van der Waals surface area contributed by atoms with E-state index in [2.05, 4.69) is 5.73 Å².